The summed E-state index contributed by atoms with van der Waals surface area (Å²) in [6.07, 6.45) is 3.76. The summed E-state index contributed by atoms with van der Waals surface area (Å²) in [5.74, 6) is 1.35. The van der Waals surface area contributed by atoms with Crippen molar-refractivity contribution < 1.29 is 4.74 Å². The first-order chi connectivity index (χ1) is 12.8. The van der Waals surface area contributed by atoms with Crippen molar-refractivity contribution >= 4 is 11.6 Å². The SMILES string of the molecule is COc1ccccc1C(CN=C(N)Nc1ccccc1)N1CCCCC1. The van der Waals surface area contributed by atoms with Gasteiger partial charge in [-0.15, -0.1) is 0 Å². The molecule has 138 valence electrons. The number of benzene rings is 2. The fourth-order valence-electron chi connectivity index (χ4n) is 3.48. The minimum Gasteiger partial charge on any atom is -0.496 e. The lowest BCUT2D eigenvalue weighted by Gasteiger charge is -2.34. The molecule has 0 radical (unpaired) electrons. The third-order valence-electron chi connectivity index (χ3n) is 4.81. The maximum absolute atomic E-state index is 6.12. The smallest absolute Gasteiger partial charge is 0.193 e. The van der Waals surface area contributed by atoms with Crippen LogP contribution in [0.5, 0.6) is 5.75 Å². The number of hydrogen-bond acceptors (Lipinski definition) is 3. The molecule has 0 aliphatic carbocycles. The van der Waals surface area contributed by atoms with E-state index in [1.54, 1.807) is 7.11 Å². The van der Waals surface area contributed by atoms with Gasteiger partial charge in [-0.1, -0.05) is 42.8 Å². The van der Waals surface area contributed by atoms with Crippen LogP contribution in [0.25, 0.3) is 0 Å². The van der Waals surface area contributed by atoms with E-state index in [-0.39, 0.29) is 6.04 Å². The Morgan fingerprint density at radius 3 is 2.50 bits per heavy atom. The van der Waals surface area contributed by atoms with Crippen molar-refractivity contribution in [2.24, 2.45) is 10.7 Å². The lowest BCUT2D eigenvalue weighted by molar-refractivity contribution is 0.165. The lowest BCUT2D eigenvalue weighted by atomic mass is 10.0. The molecule has 1 aliphatic rings. The molecule has 0 amide bonds. The highest BCUT2D eigenvalue weighted by molar-refractivity contribution is 5.92. The van der Waals surface area contributed by atoms with Crippen molar-refractivity contribution in [2.75, 3.05) is 32.1 Å². The molecule has 1 unspecified atom stereocenters. The van der Waals surface area contributed by atoms with Gasteiger partial charge in [-0.3, -0.25) is 9.89 Å². The molecule has 26 heavy (non-hydrogen) atoms. The number of nitrogens with two attached hydrogens (primary N) is 1. The van der Waals surface area contributed by atoms with E-state index in [1.165, 1.54) is 24.8 Å². The maximum Gasteiger partial charge on any atom is 0.193 e. The van der Waals surface area contributed by atoms with E-state index in [4.69, 9.17) is 10.5 Å². The Labute approximate surface area is 155 Å². The molecule has 0 aromatic heterocycles. The molecule has 5 heteroatoms. The average molecular weight is 352 g/mol. The van der Waals surface area contributed by atoms with Crippen molar-refractivity contribution in [3.8, 4) is 5.75 Å². The molecule has 1 heterocycles. The molecule has 1 fully saturated rings. The Morgan fingerprint density at radius 1 is 1.08 bits per heavy atom. The third-order valence-corrected chi connectivity index (χ3v) is 4.81. The summed E-state index contributed by atoms with van der Waals surface area (Å²) in [5, 5.41) is 3.16. The number of nitrogens with zero attached hydrogens (tertiary/aromatic N) is 2. The van der Waals surface area contributed by atoms with Gasteiger partial charge < -0.3 is 15.8 Å². The number of hydrogen-bond donors (Lipinski definition) is 2. The Balaban J connectivity index is 1.78. The summed E-state index contributed by atoms with van der Waals surface area (Å²) in [7, 11) is 1.72. The fraction of sp³-hybridized carbons (Fsp3) is 0.381. The predicted molar refractivity (Wildman–Crippen MR) is 108 cm³/mol. The number of para-hydroxylation sites is 2. The van der Waals surface area contributed by atoms with Crippen LogP contribution in [0.4, 0.5) is 5.69 Å². The van der Waals surface area contributed by atoms with Gasteiger partial charge in [-0.25, -0.2) is 0 Å². The zero-order valence-corrected chi connectivity index (χ0v) is 15.4. The first kappa shape index (κ1) is 18.3. The molecule has 1 aliphatic heterocycles. The summed E-state index contributed by atoms with van der Waals surface area (Å²) < 4.78 is 5.60. The second-order valence-corrected chi connectivity index (χ2v) is 6.57. The highest BCUT2D eigenvalue weighted by Crippen LogP contribution is 2.31. The first-order valence-corrected chi connectivity index (χ1v) is 9.27. The topological polar surface area (TPSA) is 62.9 Å². The largest absolute Gasteiger partial charge is 0.496 e. The van der Waals surface area contributed by atoms with Crippen LogP contribution >= 0.6 is 0 Å². The standard InChI is InChI=1S/C21H28N4O/c1-26-20-13-7-6-12-18(20)19(25-14-8-3-9-15-25)16-23-21(22)24-17-10-4-2-5-11-17/h2,4-7,10-13,19H,3,8-9,14-16H2,1H3,(H3,22,23,24). The quantitative estimate of drug-likeness (QED) is 0.615. The Hall–Kier alpha value is -2.53. The predicted octanol–water partition coefficient (Wildman–Crippen LogP) is 3.65. The molecule has 3 rings (SSSR count). The normalized spacial score (nSPS) is 16.9. The van der Waals surface area contributed by atoms with Crippen molar-refractivity contribution in [1.82, 2.24) is 4.90 Å². The highest BCUT2D eigenvalue weighted by atomic mass is 16.5. The monoisotopic (exact) mass is 352 g/mol. The number of methoxy groups -OCH3 is 1. The van der Waals surface area contributed by atoms with Gasteiger partial charge in [0.2, 0.25) is 0 Å². The van der Waals surface area contributed by atoms with E-state index in [1.807, 2.05) is 42.5 Å². The summed E-state index contributed by atoms with van der Waals surface area (Å²) in [5.41, 5.74) is 8.24. The van der Waals surface area contributed by atoms with E-state index in [0.717, 1.165) is 24.5 Å². The summed E-state index contributed by atoms with van der Waals surface area (Å²) in [6.45, 7) is 2.78. The van der Waals surface area contributed by atoms with Gasteiger partial charge >= 0.3 is 0 Å². The van der Waals surface area contributed by atoms with Crippen LogP contribution in [0, 0.1) is 0 Å². The Morgan fingerprint density at radius 2 is 1.77 bits per heavy atom. The number of guanidine groups is 1. The molecule has 1 atom stereocenters. The Bertz CT molecular complexity index is 711. The number of rotatable bonds is 6. The molecule has 3 N–H and O–H groups in total. The van der Waals surface area contributed by atoms with Crippen molar-refractivity contribution in [2.45, 2.75) is 25.3 Å². The van der Waals surface area contributed by atoms with Gasteiger partial charge in [-0.05, 0) is 44.1 Å². The highest BCUT2D eigenvalue weighted by Gasteiger charge is 2.24. The minimum absolute atomic E-state index is 0.169. The minimum atomic E-state index is 0.169. The maximum atomic E-state index is 6.12. The van der Waals surface area contributed by atoms with Crippen molar-refractivity contribution in [3.05, 3.63) is 60.2 Å². The van der Waals surface area contributed by atoms with Gasteiger partial charge in [0.1, 0.15) is 5.75 Å². The second-order valence-electron chi connectivity index (χ2n) is 6.57. The van der Waals surface area contributed by atoms with Gasteiger partial charge in [0.25, 0.3) is 0 Å². The van der Waals surface area contributed by atoms with Crippen LogP contribution in [-0.2, 0) is 0 Å². The number of ether oxygens (including phenoxy) is 1. The molecule has 2 aromatic rings. The van der Waals surface area contributed by atoms with Crippen LogP contribution in [-0.4, -0.2) is 37.6 Å². The average Bonchev–Trinajstić information content (AvgIpc) is 2.70. The van der Waals surface area contributed by atoms with E-state index in [9.17, 15) is 0 Å². The molecule has 0 saturated carbocycles. The number of piperidine rings is 1. The van der Waals surface area contributed by atoms with Gasteiger partial charge in [0.05, 0.1) is 19.7 Å². The van der Waals surface area contributed by atoms with Crippen LogP contribution in [0.1, 0.15) is 30.9 Å². The zero-order valence-electron chi connectivity index (χ0n) is 15.4. The Kier molecular flexibility index (Phi) is 6.50. The van der Waals surface area contributed by atoms with E-state index in [2.05, 4.69) is 27.3 Å². The summed E-state index contributed by atoms with van der Waals surface area (Å²) in [4.78, 5) is 7.13. The fourth-order valence-corrected chi connectivity index (χ4v) is 3.48. The van der Waals surface area contributed by atoms with E-state index >= 15 is 0 Å². The first-order valence-electron chi connectivity index (χ1n) is 9.27. The van der Waals surface area contributed by atoms with Crippen molar-refractivity contribution in [1.29, 1.82) is 0 Å². The van der Waals surface area contributed by atoms with E-state index < -0.39 is 0 Å². The molecule has 0 spiro atoms. The van der Waals surface area contributed by atoms with Crippen molar-refractivity contribution in [3.63, 3.8) is 0 Å². The molecule has 5 nitrogen and oxygen atoms in total. The summed E-state index contributed by atoms with van der Waals surface area (Å²) in [6, 6.07) is 18.3. The molecular weight excluding hydrogens is 324 g/mol. The number of nitrogens with one attached hydrogen (secondary N) is 1. The summed E-state index contributed by atoms with van der Waals surface area (Å²) >= 11 is 0. The number of anilines is 1. The molecule has 2 aromatic carbocycles. The van der Waals surface area contributed by atoms with Gasteiger partial charge in [-0.2, -0.15) is 0 Å². The van der Waals surface area contributed by atoms with Crippen LogP contribution in [0.2, 0.25) is 0 Å². The van der Waals surface area contributed by atoms with E-state index in [0.29, 0.717) is 12.5 Å². The number of likely N-dealkylation sites (tertiary alicyclic amines) is 1. The van der Waals surface area contributed by atoms with Gasteiger partial charge in [0, 0.05) is 11.3 Å². The second kappa shape index (κ2) is 9.25. The zero-order chi connectivity index (χ0) is 18.2. The van der Waals surface area contributed by atoms with Crippen LogP contribution < -0.4 is 15.8 Å². The third kappa shape index (κ3) is 4.76. The lowest BCUT2D eigenvalue weighted by Crippen LogP contribution is -2.36. The van der Waals surface area contributed by atoms with Gasteiger partial charge in [0.15, 0.2) is 5.96 Å². The molecule has 0 bridgehead atoms. The molecule has 1 saturated heterocycles. The number of aliphatic imine (C=N–C) groups is 1. The van der Waals surface area contributed by atoms with Crippen LogP contribution in [0.3, 0.4) is 0 Å². The molecular formula is C21H28N4O. The van der Waals surface area contributed by atoms with Crippen LogP contribution in [0.15, 0.2) is 59.6 Å².